The molecule has 0 atom stereocenters. The van der Waals surface area contributed by atoms with Crippen LogP contribution >= 0.6 is 0 Å². The van der Waals surface area contributed by atoms with Crippen LogP contribution in [0.5, 0.6) is 11.5 Å². The van der Waals surface area contributed by atoms with Crippen LogP contribution in [-0.2, 0) is 16.1 Å². The fourth-order valence-corrected chi connectivity index (χ4v) is 2.77. The van der Waals surface area contributed by atoms with Gasteiger partial charge in [0.2, 0.25) is 18.6 Å². The maximum absolute atomic E-state index is 12.2. The molecule has 0 spiro atoms. The lowest BCUT2D eigenvalue weighted by Gasteiger charge is -2.09. The molecule has 0 aliphatic carbocycles. The zero-order chi connectivity index (χ0) is 20.6. The summed E-state index contributed by atoms with van der Waals surface area (Å²) in [6.07, 6.45) is 1.24. The van der Waals surface area contributed by atoms with E-state index in [0.29, 0.717) is 29.2 Å². The summed E-state index contributed by atoms with van der Waals surface area (Å²) in [6, 6.07) is 12.1. The highest BCUT2D eigenvalue weighted by Gasteiger charge is 2.16. The van der Waals surface area contributed by atoms with E-state index in [1.54, 1.807) is 30.3 Å². The third-order valence-electron chi connectivity index (χ3n) is 4.22. The van der Waals surface area contributed by atoms with E-state index in [1.165, 1.54) is 0 Å². The van der Waals surface area contributed by atoms with E-state index >= 15 is 0 Å². The molecule has 8 heteroatoms. The van der Waals surface area contributed by atoms with Crippen molar-refractivity contribution in [2.24, 2.45) is 0 Å². The molecule has 29 heavy (non-hydrogen) atoms. The number of carbonyl (C=O) groups excluding carboxylic acids is 3. The number of rotatable bonds is 8. The molecule has 152 valence electrons. The Labute approximate surface area is 168 Å². The van der Waals surface area contributed by atoms with Crippen molar-refractivity contribution in [2.75, 3.05) is 18.7 Å². The normalized spacial score (nSPS) is 11.6. The highest BCUT2D eigenvalue weighted by molar-refractivity contribution is 5.97. The van der Waals surface area contributed by atoms with Crippen LogP contribution in [0.15, 0.2) is 42.5 Å². The van der Waals surface area contributed by atoms with Gasteiger partial charge in [0.25, 0.3) is 5.91 Å². The summed E-state index contributed by atoms with van der Waals surface area (Å²) in [7, 11) is 0. The van der Waals surface area contributed by atoms with Gasteiger partial charge in [-0.1, -0.05) is 19.1 Å². The first-order valence-electron chi connectivity index (χ1n) is 9.38. The SMILES string of the molecule is CCCC(=O)Nc1cccc(CNC(=O)CNC(=O)c2ccc3c(c2)OCO3)c1. The molecule has 3 N–H and O–H groups in total. The van der Waals surface area contributed by atoms with E-state index in [-0.39, 0.29) is 37.6 Å². The van der Waals surface area contributed by atoms with Gasteiger partial charge in [0.1, 0.15) is 0 Å². The van der Waals surface area contributed by atoms with E-state index in [9.17, 15) is 14.4 Å². The fraction of sp³-hybridized carbons (Fsp3) is 0.286. The highest BCUT2D eigenvalue weighted by atomic mass is 16.7. The molecule has 0 aromatic heterocycles. The number of fused-ring (bicyclic) bond motifs is 1. The van der Waals surface area contributed by atoms with Crippen LogP contribution < -0.4 is 25.4 Å². The Morgan fingerprint density at radius 1 is 0.966 bits per heavy atom. The maximum Gasteiger partial charge on any atom is 0.251 e. The number of benzene rings is 2. The summed E-state index contributed by atoms with van der Waals surface area (Å²) in [4.78, 5) is 35.9. The number of amides is 3. The molecule has 1 aliphatic rings. The lowest BCUT2D eigenvalue weighted by Crippen LogP contribution is -2.36. The third kappa shape index (κ3) is 5.71. The van der Waals surface area contributed by atoms with Crippen molar-refractivity contribution >= 4 is 23.4 Å². The number of nitrogens with one attached hydrogen (secondary N) is 3. The molecule has 8 nitrogen and oxygen atoms in total. The van der Waals surface area contributed by atoms with Gasteiger partial charge in [-0.15, -0.1) is 0 Å². The zero-order valence-electron chi connectivity index (χ0n) is 16.1. The van der Waals surface area contributed by atoms with Gasteiger partial charge in [0, 0.05) is 24.2 Å². The molecular weight excluding hydrogens is 374 g/mol. The summed E-state index contributed by atoms with van der Waals surface area (Å²) in [5.74, 6) is 0.360. The predicted octanol–water partition coefficient (Wildman–Crippen LogP) is 2.20. The van der Waals surface area contributed by atoms with E-state index in [2.05, 4.69) is 16.0 Å². The van der Waals surface area contributed by atoms with Crippen molar-refractivity contribution in [1.29, 1.82) is 0 Å². The van der Waals surface area contributed by atoms with E-state index in [4.69, 9.17) is 9.47 Å². The lowest BCUT2D eigenvalue weighted by molar-refractivity contribution is -0.120. The van der Waals surface area contributed by atoms with Crippen molar-refractivity contribution < 1.29 is 23.9 Å². The van der Waals surface area contributed by atoms with Gasteiger partial charge in [-0.25, -0.2) is 0 Å². The summed E-state index contributed by atoms with van der Waals surface area (Å²) in [5, 5.41) is 8.13. The average Bonchev–Trinajstić information content (AvgIpc) is 3.18. The Bertz CT molecular complexity index is 913. The van der Waals surface area contributed by atoms with Gasteiger partial charge in [-0.2, -0.15) is 0 Å². The second-order valence-electron chi connectivity index (χ2n) is 6.53. The van der Waals surface area contributed by atoms with Crippen LogP contribution in [0.2, 0.25) is 0 Å². The first-order valence-corrected chi connectivity index (χ1v) is 9.38. The van der Waals surface area contributed by atoms with Crippen LogP contribution in [0.25, 0.3) is 0 Å². The average molecular weight is 397 g/mol. The standard InChI is InChI=1S/C21H23N3O5/c1-2-4-19(25)24-16-6-3-5-14(9-16)11-22-20(26)12-23-21(27)15-7-8-17-18(10-15)29-13-28-17/h3,5-10H,2,4,11-13H2,1H3,(H,22,26)(H,23,27)(H,24,25). The van der Waals surface area contributed by atoms with Crippen LogP contribution in [0, 0.1) is 0 Å². The highest BCUT2D eigenvalue weighted by Crippen LogP contribution is 2.32. The first kappa shape index (κ1) is 20.2. The number of hydrogen-bond acceptors (Lipinski definition) is 5. The Balaban J connectivity index is 1.45. The van der Waals surface area contributed by atoms with E-state index in [0.717, 1.165) is 12.0 Å². The Hall–Kier alpha value is -3.55. The molecule has 2 aromatic rings. The predicted molar refractivity (Wildman–Crippen MR) is 107 cm³/mol. The van der Waals surface area contributed by atoms with Gasteiger partial charge in [-0.3, -0.25) is 14.4 Å². The minimum Gasteiger partial charge on any atom is -0.454 e. The van der Waals surface area contributed by atoms with Crippen LogP contribution in [0.1, 0.15) is 35.7 Å². The second kappa shape index (κ2) is 9.59. The van der Waals surface area contributed by atoms with Crippen LogP contribution in [-0.4, -0.2) is 31.1 Å². The minimum atomic E-state index is -0.376. The third-order valence-corrected chi connectivity index (χ3v) is 4.22. The molecule has 0 fully saturated rings. The van der Waals surface area contributed by atoms with E-state index in [1.807, 2.05) is 19.1 Å². The van der Waals surface area contributed by atoms with Crippen molar-refractivity contribution in [3.05, 3.63) is 53.6 Å². The summed E-state index contributed by atoms with van der Waals surface area (Å²) < 4.78 is 10.4. The van der Waals surface area contributed by atoms with Crippen molar-refractivity contribution in [3.8, 4) is 11.5 Å². The molecule has 3 amide bonds. The van der Waals surface area contributed by atoms with Crippen LogP contribution in [0.3, 0.4) is 0 Å². The molecule has 3 rings (SSSR count). The monoisotopic (exact) mass is 397 g/mol. The van der Waals surface area contributed by atoms with Gasteiger partial charge in [0.05, 0.1) is 6.54 Å². The minimum absolute atomic E-state index is 0.0417. The first-order chi connectivity index (χ1) is 14.0. The lowest BCUT2D eigenvalue weighted by atomic mass is 10.2. The molecular formula is C21H23N3O5. The molecule has 0 saturated carbocycles. The fourth-order valence-electron chi connectivity index (χ4n) is 2.77. The van der Waals surface area contributed by atoms with Gasteiger partial charge < -0.3 is 25.4 Å². The van der Waals surface area contributed by atoms with Gasteiger partial charge >= 0.3 is 0 Å². The smallest absolute Gasteiger partial charge is 0.251 e. The summed E-state index contributed by atoms with van der Waals surface area (Å²) in [6.45, 7) is 2.21. The maximum atomic E-state index is 12.2. The molecule has 0 radical (unpaired) electrons. The quantitative estimate of drug-likeness (QED) is 0.633. The number of hydrogen-bond donors (Lipinski definition) is 3. The van der Waals surface area contributed by atoms with E-state index < -0.39 is 0 Å². The van der Waals surface area contributed by atoms with Crippen LogP contribution in [0.4, 0.5) is 5.69 Å². The molecule has 0 bridgehead atoms. The Kier molecular flexibility index (Phi) is 6.67. The van der Waals surface area contributed by atoms with Crippen molar-refractivity contribution in [1.82, 2.24) is 10.6 Å². The van der Waals surface area contributed by atoms with Gasteiger partial charge in [0.15, 0.2) is 11.5 Å². The molecule has 2 aromatic carbocycles. The van der Waals surface area contributed by atoms with Gasteiger partial charge in [-0.05, 0) is 42.3 Å². The summed E-state index contributed by atoms with van der Waals surface area (Å²) in [5.41, 5.74) is 1.92. The molecule has 0 saturated heterocycles. The largest absolute Gasteiger partial charge is 0.454 e. The zero-order valence-corrected chi connectivity index (χ0v) is 16.1. The number of anilines is 1. The van der Waals surface area contributed by atoms with Crippen molar-refractivity contribution in [3.63, 3.8) is 0 Å². The Morgan fingerprint density at radius 2 is 1.79 bits per heavy atom. The molecule has 1 aliphatic heterocycles. The topological polar surface area (TPSA) is 106 Å². The van der Waals surface area contributed by atoms with Crippen molar-refractivity contribution in [2.45, 2.75) is 26.3 Å². The number of carbonyl (C=O) groups is 3. The molecule has 1 heterocycles. The Morgan fingerprint density at radius 3 is 2.62 bits per heavy atom. The molecule has 0 unspecified atom stereocenters. The summed E-state index contributed by atoms with van der Waals surface area (Å²) >= 11 is 0. The number of ether oxygens (including phenoxy) is 2. The second-order valence-corrected chi connectivity index (χ2v) is 6.53.